The smallest absolute Gasteiger partial charge is 0.248 e. The Labute approximate surface area is 120 Å². The average molecular weight is 265 g/mol. The number of aryl methyl sites for hydroxylation is 1. The van der Waals surface area contributed by atoms with E-state index in [1.165, 1.54) is 5.56 Å². The SMILES string of the molecule is CCCc1ccc(NC(=O)/C=C/c2ccccc2)cc1. The van der Waals surface area contributed by atoms with Gasteiger partial charge in [0.15, 0.2) is 0 Å². The summed E-state index contributed by atoms with van der Waals surface area (Å²) < 4.78 is 0. The van der Waals surface area contributed by atoms with Crippen molar-refractivity contribution in [3.05, 3.63) is 71.8 Å². The molecule has 2 aromatic carbocycles. The van der Waals surface area contributed by atoms with E-state index >= 15 is 0 Å². The zero-order valence-corrected chi connectivity index (χ0v) is 11.7. The molecule has 102 valence electrons. The first-order valence-electron chi connectivity index (χ1n) is 6.91. The molecule has 0 aliphatic rings. The molecule has 0 heterocycles. The van der Waals surface area contributed by atoms with Crippen LogP contribution in [0.4, 0.5) is 5.69 Å². The lowest BCUT2D eigenvalue weighted by molar-refractivity contribution is -0.111. The Balaban J connectivity index is 1.92. The Bertz CT molecular complexity index is 570. The fourth-order valence-corrected chi connectivity index (χ4v) is 1.96. The van der Waals surface area contributed by atoms with Crippen LogP contribution in [0.25, 0.3) is 6.08 Å². The molecule has 0 saturated heterocycles. The first-order chi connectivity index (χ1) is 9.78. The van der Waals surface area contributed by atoms with Gasteiger partial charge in [0, 0.05) is 11.8 Å². The second-order valence-electron chi connectivity index (χ2n) is 4.68. The van der Waals surface area contributed by atoms with E-state index in [9.17, 15) is 4.79 Å². The molecule has 1 amide bonds. The van der Waals surface area contributed by atoms with E-state index in [2.05, 4.69) is 24.4 Å². The highest BCUT2D eigenvalue weighted by Gasteiger charge is 1.98. The molecular weight excluding hydrogens is 246 g/mol. The van der Waals surface area contributed by atoms with Gasteiger partial charge in [-0.15, -0.1) is 0 Å². The highest BCUT2D eigenvalue weighted by molar-refractivity contribution is 6.01. The van der Waals surface area contributed by atoms with Crippen molar-refractivity contribution in [2.75, 3.05) is 5.32 Å². The van der Waals surface area contributed by atoms with Gasteiger partial charge in [0.1, 0.15) is 0 Å². The van der Waals surface area contributed by atoms with Gasteiger partial charge in [-0.05, 0) is 35.8 Å². The quantitative estimate of drug-likeness (QED) is 0.803. The summed E-state index contributed by atoms with van der Waals surface area (Å²) in [4.78, 5) is 11.8. The summed E-state index contributed by atoms with van der Waals surface area (Å²) in [7, 11) is 0. The van der Waals surface area contributed by atoms with Gasteiger partial charge in [-0.3, -0.25) is 4.79 Å². The van der Waals surface area contributed by atoms with Gasteiger partial charge >= 0.3 is 0 Å². The van der Waals surface area contributed by atoms with E-state index in [1.807, 2.05) is 42.5 Å². The van der Waals surface area contributed by atoms with Crippen LogP contribution in [0.5, 0.6) is 0 Å². The molecular formula is C18H19NO. The van der Waals surface area contributed by atoms with Crippen LogP contribution in [0, 0.1) is 0 Å². The number of rotatable bonds is 5. The summed E-state index contributed by atoms with van der Waals surface area (Å²) in [6, 6.07) is 17.8. The summed E-state index contributed by atoms with van der Waals surface area (Å²) >= 11 is 0. The molecule has 0 spiro atoms. The summed E-state index contributed by atoms with van der Waals surface area (Å²) in [5.74, 6) is -0.114. The number of amides is 1. The minimum absolute atomic E-state index is 0.114. The Hall–Kier alpha value is -2.35. The van der Waals surface area contributed by atoms with Crippen molar-refractivity contribution < 1.29 is 4.79 Å². The predicted molar refractivity (Wildman–Crippen MR) is 84.5 cm³/mol. The van der Waals surface area contributed by atoms with E-state index in [1.54, 1.807) is 12.2 Å². The van der Waals surface area contributed by atoms with Crippen molar-refractivity contribution in [1.29, 1.82) is 0 Å². The topological polar surface area (TPSA) is 29.1 Å². The summed E-state index contributed by atoms with van der Waals surface area (Å²) in [5, 5.41) is 2.86. The Morgan fingerprint density at radius 1 is 1.05 bits per heavy atom. The molecule has 0 bridgehead atoms. The van der Waals surface area contributed by atoms with E-state index in [-0.39, 0.29) is 5.91 Å². The van der Waals surface area contributed by atoms with Crippen LogP contribution in [0.3, 0.4) is 0 Å². The standard InChI is InChI=1S/C18H19NO/c1-2-6-15-9-12-17(13-10-15)19-18(20)14-11-16-7-4-3-5-8-16/h3-5,7-14H,2,6H2,1H3,(H,19,20)/b14-11+. The summed E-state index contributed by atoms with van der Waals surface area (Å²) in [6.45, 7) is 2.16. The molecule has 0 unspecified atom stereocenters. The highest BCUT2D eigenvalue weighted by Crippen LogP contribution is 2.11. The molecule has 0 aliphatic carbocycles. The van der Waals surface area contributed by atoms with Crippen molar-refractivity contribution in [2.24, 2.45) is 0 Å². The highest BCUT2D eigenvalue weighted by atomic mass is 16.1. The number of nitrogens with one attached hydrogen (secondary N) is 1. The zero-order valence-electron chi connectivity index (χ0n) is 11.7. The van der Waals surface area contributed by atoms with Crippen LogP contribution in [-0.4, -0.2) is 5.91 Å². The molecule has 0 aromatic heterocycles. The Morgan fingerprint density at radius 2 is 1.75 bits per heavy atom. The molecule has 0 fully saturated rings. The first-order valence-corrected chi connectivity index (χ1v) is 6.91. The summed E-state index contributed by atoms with van der Waals surface area (Å²) in [5.41, 5.74) is 3.14. The lowest BCUT2D eigenvalue weighted by atomic mass is 10.1. The van der Waals surface area contributed by atoms with Crippen LogP contribution in [0.15, 0.2) is 60.7 Å². The van der Waals surface area contributed by atoms with Crippen molar-refractivity contribution in [2.45, 2.75) is 19.8 Å². The lowest BCUT2D eigenvalue weighted by Gasteiger charge is -2.04. The Kier molecular flexibility index (Phi) is 5.13. The van der Waals surface area contributed by atoms with Gasteiger partial charge in [0.2, 0.25) is 5.91 Å². The fraction of sp³-hybridized carbons (Fsp3) is 0.167. The molecule has 0 radical (unpaired) electrons. The molecule has 2 rings (SSSR count). The lowest BCUT2D eigenvalue weighted by Crippen LogP contribution is -2.07. The second-order valence-corrected chi connectivity index (χ2v) is 4.68. The van der Waals surface area contributed by atoms with Crippen LogP contribution in [-0.2, 0) is 11.2 Å². The molecule has 0 aliphatic heterocycles. The van der Waals surface area contributed by atoms with Crippen LogP contribution < -0.4 is 5.32 Å². The fourth-order valence-electron chi connectivity index (χ4n) is 1.96. The van der Waals surface area contributed by atoms with Gasteiger partial charge < -0.3 is 5.32 Å². The van der Waals surface area contributed by atoms with Crippen LogP contribution in [0.2, 0.25) is 0 Å². The van der Waals surface area contributed by atoms with E-state index in [0.29, 0.717) is 0 Å². The minimum Gasteiger partial charge on any atom is -0.323 e. The van der Waals surface area contributed by atoms with Gasteiger partial charge in [0.25, 0.3) is 0 Å². The van der Waals surface area contributed by atoms with Crippen molar-refractivity contribution in [3.8, 4) is 0 Å². The number of anilines is 1. The van der Waals surface area contributed by atoms with Gasteiger partial charge in [-0.1, -0.05) is 55.8 Å². The van der Waals surface area contributed by atoms with E-state index in [0.717, 1.165) is 24.1 Å². The molecule has 20 heavy (non-hydrogen) atoms. The third-order valence-electron chi connectivity index (χ3n) is 2.99. The number of benzene rings is 2. The maximum atomic E-state index is 11.8. The van der Waals surface area contributed by atoms with Crippen molar-refractivity contribution in [1.82, 2.24) is 0 Å². The maximum absolute atomic E-state index is 11.8. The third-order valence-corrected chi connectivity index (χ3v) is 2.99. The minimum atomic E-state index is -0.114. The van der Waals surface area contributed by atoms with Crippen LogP contribution in [0.1, 0.15) is 24.5 Å². The monoisotopic (exact) mass is 265 g/mol. The molecule has 0 saturated carbocycles. The first kappa shape index (κ1) is 14.1. The maximum Gasteiger partial charge on any atom is 0.248 e. The molecule has 0 atom stereocenters. The number of hydrogen-bond acceptors (Lipinski definition) is 1. The van der Waals surface area contributed by atoms with Crippen molar-refractivity contribution >= 4 is 17.7 Å². The number of carbonyl (C=O) groups is 1. The second kappa shape index (κ2) is 7.29. The van der Waals surface area contributed by atoms with Gasteiger partial charge in [-0.2, -0.15) is 0 Å². The molecule has 2 aromatic rings. The van der Waals surface area contributed by atoms with Crippen molar-refractivity contribution in [3.63, 3.8) is 0 Å². The predicted octanol–water partition coefficient (Wildman–Crippen LogP) is 4.29. The Morgan fingerprint density at radius 3 is 2.40 bits per heavy atom. The summed E-state index contributed by atoms with van der Waals surface area (Å²) in [6.07, 6.45) is 5.56. The van der Waals surface area contributed by atoms with Crippen LogP contribution >= 0.6 is 0 Å². The zero-order chi connectivity index (χ0) is 14.2. The number of hydrogen-bond donors (Lipinski definition) is 1. The largest absolute Gasteiger partial charge is 0.323 e. The van der Waals surface area contributed by atoms with E-state index < -0.39 is 0 Å². The van der Waals surface area contributed by atoms with Gasteiger partial charge in [0.05, 0.1) is 0 Å². The average Bonchev–Trinajstić information content (AvgIpc) is 2.49. The molecule has 1 N–H and O–H groups in total. The normalized spacial score (nSPS) is 10.7. The number of carbonyl (C=O) groups excluding carboxylic acids is 1. The molecule has 2 heteroatoms. The van der Waals surface area contributed by atoms with E-state index in [4.69, 9.17) is 0 Å². The van der Waals surface area contributed by atoms with Gasteiger partial charge in [-0.25, -0.2) is 0 Å². The third kappa shape index (κ3) is 4.39. The molecule has 2 nitrogen and oxygen atoms in total.